The number of ether oxygens (including phenoxy) is 2. The summed E-state index contributed by atoms with van der Waals surface area (Å²) in [6, 6.07) is 3.80. The summed E-state index contributed by atoms with van der Waals surface area (Å²) in [5.74, 6) is 0.648. The molecule has 2 heterocycles. The zero-order chi connectivity index (χ0) is 13.1. The van der Waals surface area contributed by atoms with E-state index < -0.39 is 6.29 Å². The molecule has 6 heteroatoms. The lowest BCUT2D eigenvalue weighted by Crippen LogP contribution is -2.07. The van der Waals surface area contributed by atoms with Crippen LogP contribution in [0, 0.1) is 0 Å². The van der Waals surface area contributed by atoms with Gasteiger partial charge in [0.1, 0.15) is 4.60 Å². The zero-order valence-corrected chi connectivity index (χ0v) is 13.2. The predicted octanol–water partition coefficient (Wildman–Crippen LogP) is 4.42. The van der Waals surface area contributed by atoms with Crippen LogP contribution in [0.1, 0.15) is 25.9 Å². The molecule has 0 N–H and O–H groups in total. The molecule has 0 aliphatic carbocycles. The molecule has 0 aliphatic rings. The van der Waals surface area contributed by atoms with E-state index in [9.17, 15) is 0 Å². The smallest absolute Gasteiger partial charge is 0.217 e. The number of nitrogens with zero attached hydrogens (tertiary/aromatic N) is 1. The highest BCUT2D eigenvalue weighted by atomic mass is 79.9. The van der Waals surface area contributed by atoms with E-state index in [-0.39, 0.29) is 0 Å². The van der Waals surface area contributed by atoms with E-state index >= 15 is 0 Å². The Bertz CT molecular complexity index is 535. The summed E-state index contributed by atoms with van der Waals surface area (Å²) < 4.78 is 18.2. The Balaban J connectivity index is 2.41. The van der Waals surface area contributed by atoms with Gasteiger partial charge in [0.05, 0.1) is 0 Å². The van der Waals surface area contributed by atoms with Gasteiger partial charge in [-0.2, -0.15) is 0 Å². The van der Waals surface area contributed by atoms with Crippen molar-refractivity contribution in [2.45, 2.75) is 20.1 Å². The lowest BCUT2D eigenvalue weighted by atomic mass is 10.3. The fourth-order valence-corrected chi connectivity index (χ4v) is 2.79. The summed E-state index contributed by atoms with van der Waals surface area (Å²) in [6.45, 7) is 4.96. The highest BCUT2D eigenvalue weighted by molar-refractivity contribution is 9.11. The molecule has 2 aromatic rings. The van der Waals surface area contributed by atoms with Crippen LogP contribution < -0.4 is 0 Å². The van der Waals surface area contributed by atoms with E-state index in [1.165, 1.54) is 0 Å². The van der Waals surface area contributed by atoms with Gasteiger partial charge in [-0.25, -0.2) is 4.98 Å². The topological polar surface area (TPSA) is 44.5 Å². The van der Waals surface area contributed by atoms with E-state index in [0.29, 0.717) is 29.2 Å². The van der Waals surface area contributed by atoms with Gasteiger partial charge in [0.2, 0.25) is 6.29 Å². The summed E-state index contributed by atoms with van der Waals surface area (Å²) in [5.41, 5.74) is 0.692. The summed E-state index contributed by atoms with van der Waals surface area (Å²) >= 11 is 6.72. The molecule has 4 nitrogen and oxygen atoms in total. The molecule has 0 fully saturated rings. The Kier molecular flexibility index (Phi) is 4.77. The molecule has 2 aromatic heterocycles. The van der Waals surface area contributed by atoms with Gasteiger partial charge in [-0.1, -0.05) is 0 Å². The van der Waals surface area contributed by atoms with Crippen molar-refractivity contribution in [3.05, 3.63) is 27.1 Å². The first-order chi connectivity index (χ1) is 8.65. The molecule has 0 spiro atoms. The minimum atomic E-state index is -0.474. The molecule has 0 atom stereocenters. The average Bonchev–Trinajstić information content (AvgIpc) is 2.72. The molecule has 0 saturated heterocycles. The Labute approximate surface area is 122 Å². The molecule has 2 rings (SSSR count). The van der Waals surface area contributed by atoms with Crippen LogP contribution in [-0.4, -0.2) is 18.2 Å². The van der Waals surface area contributed by atoms with Crippen molar-refractivity contribution in [3.63, 3.8) is 0 Å². The van der Waals surface area contributed by atoms with Crippen LogP contribution in [-0.2, 0) is 9.47 Å². The van der Waals surface area contributed by atoms with Crippen LogP contribution >= 0.6 is 31.9 Å². The van der Waals surface area contributed by atoms with Gasteiger partial charge in [0.25, 0.3) is 0 Å². The summed E-state index contributed by atoms with van der Waals surface area (Å²) in [6.07, 6.45) is -0.474. The standard InChI is InChI=1S/C12H13Br2NO3/c1-3-16-12(17-4-2)8-5-7-6-9(13)15-11(14)10(7)18-8/h5-6,12H,3-4H2,1-2H3. The normalized spacial score (nSPS) is 11.6. The Morgan fingerprint density at radius 1 is 1.22 bits per heavy atom. The summed E-state index contributed by atoms with van der Waals surface area (Å²) in [7, 11) is 0. The Morgan fingerprint density at radius 3 is 2.50 bits per heavy atom. The van der Waals surface area contributed by atoms with Crippen LogP contribution in [0.3, 0.4) is 0 Å². The van der Waals surface area contributed by atoms with Gasteiger partial charge in [-0.3, -0.25) is 0 Å². The minimum Gasteiger partial charge on any atom is -0.453 e. The summed E-state index contributed by atoms with van der Waals surface area (Å²) in [5, 5.41) is 0.947. The lowest BCUT2D eigenvalue weighted by Gasteiger charge is -2.13. The van der Waals surface area contributed by atoms with Crippen molar-refractivity contribution in [1.82, 2.24) is 4.98 Å². The van der Waals surface area contributed by atoms with Crippen LogP contribution in [0.2, 0.25) is 0 Å². The number of hydrogen-bond donors (Lipinski definition) is 0. The first-order valence-corrected chi connectivity index (χ1v) is 7.23. The monoisotopic (exact) mass is 377 g/mol. The molecule has 0 bridgehead atoms. The van der Waals surface area contributed by atoms with Gasteiger partial charge in [-0.05, 0) is 57.8 Å². The van der Waals surface area contributed by atoms with Gasteiger partial charge < -0.3 is 13.9 Å². The fraction of sp³-hybridized carbons (Fsp3) is 0.417. The molecule has 98 valence electrons. The van der Waals surface area contributed by atoms with Crippen molar-refractivity contribution < 1.29 is 13.9 Å². The third-order valence-electron chi connectivity index (χ3n) is 2.32. The van der Waals surface area contributed by atoms with Gasteiger partial charge >= 0.3 is 0 Å². The maximum atomic E-state index is 5.74. The molecule has 0 saturated carbocycles. The number of hydrogen-bond acceptors (Lipinski definition) is 4. The van der Waals surface area contributed by atoms with E-state index in [4.69, 9.17) is 13.9 Å². The van der Waals surface area contributed by atoms with E-state index in [1.54, 1.807) is 0 Å². The number of aromatic nitrogens is 1. The first kappa shape index (κ1) is 14.0. The van der Waals surface area contributed by atoms with Crippen molar-refractivity contribution in [2.24, 2.45) is 0 Å². The predicted molar refractivity (Wildman–Crippen MR) is 75.4 cm³/mol. The van der Waals surface area contributed by atoms with Crippen molar-refractivity contribution >= 4 is 42.8 Å². The van der Waals surface area contributed by atoms with Crippen LogP contribution in [0.5, 0.6) is 0 Å². The Morgan fingerprint density at radius 2 is 1.89 bits per heavy atom. The maximum absolute atomic E-state index is 5.74. The summed E-state index contributed by atoms with van der Waals surface area (Å²) in [4.78, 5) is 4.22. The van der Waals surface area contributed by atoms with E-state index in [1.807, 2.05) is 26.0 Å². The van der Waals surface area contributed by atoms with Crippen LogP contribution in [0.15, 0.2) is 25.8 Å². The second kappa shape index (κ2) is 6.14. The fourth-order valence-electron chi connectivity index (χ4n) is 1.63. The number of fused-ring (bicyclic) bond motifs is 1. The second-order valence-corrected chi connectivity index (χ2v) is 5.11. The quantitative estimate of drug-likeness (QED) is 0.570. The van der Waals surface area contributed by atoms with Crippen LogP contribution in [0.4, 0.5) is 0 Å². The highest BCUT2D eigenvalue weighted by Gasteiger charge is 2.18. The number of pyridine rings is 1. The third kappa shape index (κ3) is 2.93. The van der Waals surface area contributed by atoms with Crippen LogP contribution in [0.25, 0.3) is 11.0 Å². The minimum absolute atomic E-state index is 0.474. The van der Waals surface area contributed by atoms with Crippen molar-refractivity contribution in [3.8, 4) is 0 Å². The molecular formula is C12H13Br2NO3. The van der Waals surface area contributed by atoms with Gasteiger partial charge in [0.15, 0.2) is 15.9 Å². The van der Waals surface area contributed by atoms with Gasteiger partial charge in [-0.15, -0.1) is 0 Å². The number of rotatable bonds is 5. The van der Waals surface area contributed by atoms with Crippen molar-refractivity contribution in [1.29, 1.82) is 0 Å². The van der Waals surface area contributed by atoms with E-state index in [2.05, 4.69) is 36.8 Å². The molecule has 0 aliphatic heterocycles. The maximum Gasteiger partial charge on any atom is 0.217 e. The number of furan rings is 1. The molecule has 0 radical (unpaired) electrons. The third-order valence-corrected chi connectivity index (χ3v) is 3.26. The van der Waals surface area contributed by atoms with Crippen molar-refractivity contribution in [2.75, 3.05) is 13.2 Å². The highest BCUT2D eigenvalue weighted by Crippen LogP contribution is 2.32. The number of halogens is 2. The molecule has 0 unspecified atom stereocenters. The lowest BCUT2D eigenvalue weighted by molar-refractivity contribution is -0.150. The van der Waals surface area contributed by atoms with Gasteiger partial charge in [0, 0.05) is 18.6 Å². The Hall–Kier alpha value is -0.430. The zero-order valence-electron chi connectivity index (χ0n) is 10.1. The van der Waals surface area contributed by atoms with E-state index in [0.717, 1.165) is 9.99 Å². The SMILES string of the molecule is CCOC(OCC)c1cc2cc(Br)nc(Br)c2o1. The molecule has 0 amide bonds. The molecular weight excluding hydrogens is 366 g/mol. The average molecular weight is 379 g/mol. The first-order valence-electron chi connectivity index (χ1n) is 5.64. The largest absolute Gasteiger partial charge is 0.453 e. The molecule has 0 aromatic carbocycles. The second-order valence-electron chi connectivity index (χ2n) is 3.55. The molecule has 18 heavy (non-hydrogen) atoms.